The topological polar surface area (TPSA) is 71.1 Å². The molecule has 4 atom stereocenters. The number of carbonyl (C=O) groups excluding carboxylic acids is 1. The van der Waals surface area contributed by atoms with Crippen molar-refractivity contribution in [1.29, 1.82) is 0 Å². The molecule has 1 fully saturated rings. The highest BCUT2D eigenvalue weighted by Gasteiger charge is 2.26. The van der Waals surface area contributed by atoms with Gasteiger partial charge in [-0.15, -0.1) is 11.3 Å². The fourth-order valence-corrected chi connectivity index (χ4v) is 4.88. The number of amides is 2. The minimum atomic E-state index is -0.767. The van der Waals surface area contributed by atoms with Crippen LogP contribution in [0, 0.1) is 6.92 Å². The first-order valence-electron chi connectivity index (χ1n) is 7.85. The molecule has 0 spiro atoms. The largest absolute Gasteiger partial charge is 0.335 e. The summed E-state index contributed by atoms with van der Waals surface area (Å²) in [6.07, 6.45) is 3.82. The molecule has 0 bridgehead atoms. The van der Waals surface area contributed by atoms with E-state index in [1.54, 1.807) is 11.3 Å². The third-order valence-corrected chi connectivity index (χ3v) is 6.58. The fraction of sp³-hybridized carbons (Fsp3) is 0.733. The molecule has 0 saturated heterocycles. The van der Waals surface area contributed by atoms with E-state index in [4.69, 9.17) is 0 Å². The monoisotopic (exact) mass is 343 g/mol. The molecule has 0 unspecified atom stereocenters. The summed E-state index contributed by atoms with van der Waals surface area (Å²) >= 11 is 1.58. The van der Waals surface area contributed by atoms with Crippen molar-refractivity contribution in [2.75, 3.05) is 5.75 Å². The summed E-state index contributed by atoms with van der Waals surface area (Å²) in [7, 11) is -0.767. The second-order valence-corrected chi connectivity index (χ2v) is 8.85. The van der Waals surface area contributed by atoms with Gasteiger partial charge in [0.1, 0.15) is 0 Å². The number of aromatic nitrogens is 1. The number of thiazole rings is 1. The van der Waals surface area contributed by atoms with Crippen LogP contribution in [0.4, 0.5) is 4.79 Å². The van der Waals surface area contributed by atoms with Crippen LogP contribution in [0.1, 0.15) is 56.3 Å². The van der Waals surface area contributed by atoms with Crippen LogP contribution in [0.5, 0.6) is 0 Å². The molecule has 0 radical (unpaired) electrons. The van der Waals surface area contributed by atoms with Crippen LogP contribution in [-0.4, -0.2) is 32.3 Å². The Morgan fingerprint density at radius 2 is 2.32 bits per heavy atom. The van der Waals surface area contributed by atoms with Crippen molar-refractivity contribution in [2.24, 2.45) is 0 Å². The molecule has 2 N–H and O–H groups in total. The van der Waals surface area contributed by atoms with Crippen molar-refractivity contribution >= 4 is 28.2 Å². The first kappa shape index (κ1) is 17.4. The Hall–Kier alpha value is -0.950. The molecular weight excluding hydrogens is 318 g/mol. The maximum absolute atomic E-state index is 12.1. The van der Waals surface area contributed by atoms with E-state index in [1.807, 2.05) is 26.2 Å². The molecule has 1 aliphatic carbocycles. The first-order valence-corrected chi connectivity index (χ1v) is 10.1. The molecule has 0 aromatic carbocycles. The molecule has 124 valence electrons. The molecule has 1 saturated carbocycles. The number of hydrogen-bond acceptors (Lipinski definition) is 4. The highest BCUT2D eigenvalue weighted by molar-refractivity contribution is 7.85. The maximum atomic E-state index is 12.1. The standard InChI is InChI=1S/C15H25N3O2S2/c1-4-22(20)13-7-5-6-12(8-13)18-15(19)16-10(2)14-9-21-11(3)17-14/h9-10,12-13H,4-8H2,1-3H3,(H2,16,18,19)/t10-,12+,13+,22-/m0/s1. The number of rotatable bonds is 5. The van der Waals surface area contributed by atoms with Crippen LogP contribution in [0.25, 0.3) is 0 Å². The summed E-state index contributed by atoms with van der Waals surface area (Å²) in [5, 5.41) is 9.16. The minimum absolute atomic E-state index is 0.103. The van der Waals surface area contributed by atoms with Gasteiger partial charge in [0, 0.05) is 33.2 Å². The summed E-state index contributed by atoms with van der Waals surface area (Å²) in [6.45, 7) is 5.85. The molecule has 22 heavy (non-hydrogen) atoms. The first-order chi connectivity index (χ1) is 10.5. The van der Waals surface area contributed by atoms with Gasteiger partial charge in [-0.3, -0.25) is 4.21 Å². The number of urea groups is 1. The number of hydrogen-bond donors (Lipinski definition) is 2. The molecule has 1 aliphatic rings. The van der Waals surface area contributed by atoms with Crippen LogP contribution >= 0.6 is 11.3 Å². The molecule has 5 nitrogen and oxygen atoms in total. The van der Waals surface area contributed by atoms with Crippen molar-refractivity contribution in [3.8, 4) is 0 Å². The summed E-state index contributed by atoms with van der Waals surface area (Å²) in [5.74, 6) is 0.698. The molecular formula is C15H25N3O2S2. The summed E-state index contributed by atoms with van der Waals surface area (Å²) in [4.78, 5) is 16.5. The van der Waals surface area contributed by atoms with Crippen LogP contribution in [0.3, 0.4) is 0 Å². The van der Waals surface area contributed by atoms with Crippen molar-refractivity contribution in [1.82, 2.24) is 15.6 Å². The third kappa shape index (κ3) is 4.78. The van der Waals surface area contributed by atoms with E-state index in [2.05, 4.69) is 15.6 Å². The smallest absolute Gasteiger partial charge is 0.315 e. The third-order valence-electron chi connectivity index (χ3n) is 4.05. The van der Waals surface area contributed by atoms with Gasteiger partial charge in [-0.1, -0.05) is 13.3 Å². The van der Waals surface area contributed by atoms with E-state index in [0.717, 1.165) is 36.4 Å². The average molecular weight is 344 g/mol. The van der Waals surface area contributed by atoms with Gasteiger partial charge < -0.3 is 10.6 Å². The highest BCUT2D eigenvalue weighted by atomic mass is 32.2. The second kappa shape index (κ2) is 8.06. The van der Waals surface area contributed by atoms with Gasteiger partial charge in [-0.2, -0.15) is 0 Å². The lowest BCUT2D eigenvalue weighted by Gasteiger charge is -2.29. The highest BCUT2D eigenvalue weighted by Crippen LogP contribution is 2.23. The Morgan fingerprint density at radius 1 is 1.55 bits per heavy atom. The van der Waals surface area contributed by atoms with E-state index in [0.29, 0.717) is 5.75 Å². The normalized spacial score (nSPS) is 24.5. The fourth-order valence-electron chi connectivity index (χ4n) is 2.83. The van der Waals surface area contributed by atoms with Gasteiger partial charge in [-0.25, -0.2) is 9.78 Å². The van der Waals surface area contributed by atoms with E-state index in [9.17, 15) is 9.00 Å². The molecule has 7 heteroatoms. The van der Waals surface area contributed by atoms with Crippen LogP contribution in [0.15, 0.2) is 5.38 Å². The summed E-state index contributed by atoms with van der Waals surface area (Å²) in [6, 6.07) is -0.140. The van der Waals surface area contributed by atoms with Gasteiger partial charge in [0.05, 0.1) is 16.7 Å². The number of nitrogens with zero attached hydrogens (tertiary/aromatic N) is 1. The zero-order valence-electron chi connectivity index (χ0n) is 13.4. The van der Waals surface area contributed by atoms with Gasteiger partial charge in [0.2, 0.25) is 0 Å². The minimum Gasteiger partial charge on any atom is -0.335 e. The Kier molecular flexibility index (Phi) is 6.37. The Labute approximate surface area is 138 Å². The summed E-state index contributed by atoms with van der Waals surface area (Å²) < 4.78 is 11.9. The van der Waals surface area contributed by atoms with Gasteiger partial charge >= 0.3 is 6.03 Å². The molecule has 1 aromatic heterocycles. The Bertz CT molecular complexity index is 533. The Balaban J connectivity index is 1.82. The van der Waals surface area contributed by atoms with E-state index < -0.39 is 10.8 Å². The molecule has 1 aromatic rings. The lowest BCUT2D eigenvalue weighted by molar-refractivity contribution is 0.229. The lowest BCUT2D eigenvalue weighted by atomic mass is 9.95. The Morgan fingerprint density at radius 3 is 2.95 bits per heavy atom. The van der Waals surface area contributed by atoms with E-state index >= 15 is 0 Å². The van der Waals surface area contributed by atoms with Crippen molar-refractivity contribution in [3.05, 3.63) is 16.1 Å². The van der Waals surface area contributed by atoms with Crippen LogP contribution < -0.4 is 10.6 Å². The van der Waals surface area contributed by atoms with E-state index in [1.165, 1.54) is 0 Å². The van der Waals surface area contributed by atoms with Crippen LogP contribution in [0.2, 0.25) is 0 Å². The molecule has 2 rings (SSSR count). The van der Waals surface area contributed by atoms with Gasteiger partial charge in [-0.05, 0) is 33.1 Å². The molecule has 1 heterocycles. The quantitative estimate of drug-likeness (QED) is 0.863. The van der Waals surface area contributed by atoms with Gasteiger partial charge in [0.15, 0.2) is 0 Å². The lowest BCUT2D eigenvalue weighted by Crippen LogP contribution is -2.46. The van der Waals surface area contributed by atoms with Crippen molar-refractivity contribution in [2.45, 2.75) is 63.8 Å². The predicted octanol–water partition coefficient (Wildman–Crippen LogP) is 2.89. The van der Waals surface area contributed by atoms with Crippen molar-refractivity contribution < 1.29 is 9.00 Å². The van der Waals surface area contributed by atoms with Crippen molar-refractivity contribution in [3.63, 3.8) is 0 Å². The van der Waals surface area contributed by atoms with E-state index in [-0.39, 0.29) is 23.4 Å². The number of carbonyl (C=O) groups is 1. The predicted molar refractivity (Wildman–Crippen MR) is 91.7 cm³/mol. The number of nitrogens with one attached hydrogen (secondary N) is 2. The second-order valence-electron chi connectivity index (χ2n) is 5.79. The molecule has 2 amide bonds. The summed E-state index contributed by atoms with van der Waals surface area (Å²) in [5.41, 5.74) is 0.895. The maximum Gasteiger partial charge on any atom is 0.315 e. The SMILES string of the molecule is CC[S@](=O)[C@@H]1CCC[C@@H](NC(=O)N[C@@H](C)c2csc(C)n2)C1. The molecule has 0 aliphatic heterocycles. The zero-order valence-corrected chi connectivity index (χ0v) is 15.1. The van der Waals surface area contributed by atoms with Crippen LogP contribution in [-0.2, 0) is 10.8 Å². The average Bonchev–Trinajstić information content (AvgIpc) is 2.93. The number of aryl methyl sites for hydroxylation is 1. The van der Waals surface area contributed by atoms with Gasteiger partial charge in [0.25, 0.3) is 0 Å². The zero-order chi connectivity index (χ0) is 16.1.